The summed E-state index contributed by atoms with van der Waals surface area (Å²) < 4.78 is 32.4. The van der Waals surface area contributed by atoms with Gasteiger partial charge in [0, 0.05) is 45.2 Å². The second-order valence-electron chi connectivity index (χ2n) is 9.32. The molecule has 2 saturated heterocycles. The Bertz CT molecular complexity index is 1340. The number of H-pyrrole nitrogens is 1. The van der Waals surface area contributed by atoms with Crippen molar-refractivity contribution in [2.45, 2.75) is 43.1 Å². The predicted molar refractivity (Wildman–Crippen MR) is 135 cm³/mol. The highest BCUT2D eigenvalue weighted by Gasteiger charge is 2.25. The fraction of sp³-hybridized carbons (Fsp3) is 0.440. The Hall–Kier alpha value is -2.95. The number of aromatic amines is 1. The van der Waals surface area contributed by atoms with Crippen molar-refractivity contribution in [2.24, 2.45) is 0 Å². The third kappa shape index (κ3) is 4.78. The van der Waals surface area contributed by atoms with Crippen molar-refractivity contribution in [3.63, 3.8) is 0 Å². The number of sulfonamides is 1. The van der Waals surface area contributed by atoms with Crippen LogP contribution in [-0.4, -0.2) is 62.4 Å². The van der Waals surface area contributed by atoms with Gasteiger partial charge in [0.15, 0.2) is 0 Å². The molecule has 0 spiro atoms. The first kappa shape index (κ1) is 23.8. The fourth-order valence-corrected chi connectivity index (χ4v) is 5.66. The third-order valence-corrected chi connectivity index (χ3v) is 8.49. The molecule has 1 atom stereocenters. The minimum Gasteiger partial charge on any atom is -0.371 e. The van der Waals surface area contributed by atoms with Gasteiger partial charge in [-0.05, 0) is 68.5 Å². The molecule has 1 unspecified atom stereocenters. The first-order valence-corrected chi connectivity index (χ1v) is 13.5. The van der Waals surface area contributed by atoms with Gasteiger partial charge in [0.25, 0.3) is 5.91 Å². The number of nitrogens with one attached hydrogen (secondary N) is 2. The molecule has 0 saturated carbocycles. The number of ether oxygens (including phenoxy) is 1. The van der Waals surface area contributed by atoms with Crippen molar-refractivity contribution in [3.05, 3.63) is 47.8 Å². The van der Waals surface area contributed by atoms with Crippen molar-refractivity contribution < 1.29 is 17.9 Å². The summed E-state index contributed by atoms with van der Waals surface area (Å²) in [6.07, 6.45) is 5.18. The van der Waals surface area contributed by atoms with Gasteiger partial charge in [-0.2, -0.15) is 0 Å². The first-order valence-electron chi connectivity index (χ1n) is 12.1. The minimum absolute atomic E-state index is 0.0195. The number of amides is 1. The number of hydrogen-bond donors (Lipinski definition) is 2. The highest BCUT2D eigenvalue weighted by Crippen LogP contribution is 2.31. The topological polar surface area (TPSA) is 108 Å². The molecule has 2 aliphatic heterocycles. The van der Waals surface area contributed by atoms with Gasteiger partial charge < -0.3 is 19.9 Å². The lowest BCUT2D eigenvalue weighted by molar-refractivity contribution is 0.102. The smallest absolute Gasteiger partial charge is 0.257 e. The van der Waals surface area contributed by atoms with Crippen molar-refractivity contribution in [1.82, 2.24) is 14.3 Å². The molecule has 1 aromatic heterocycles. The zero-order chi connectivity index (χ0) is 24.6. The molecular weight excluding hydrogens is 466 g/mol. The largest absolute Gasteiger partial charge is 0.371 e. The van der Waals surface area contributed by atoms with E-state index < -0.39 is 10.0 Å². The molecule has 0 bridgehead atoms. The van der Waals surface area contributed by atoms with Crippen LogP contribution in [0.2, 0.25) is 0 Å². The molecule has 2 fully saturated rings. The zero-order valence-corrected chi connectivity index (χ0v) is 20.9. The van der Waals surface area contributed by atoms with E-state index in [-0.39, 0.29) is 16.9 Å². The molecule has 5 rings (SSSR count). The zero-order valence-electron chi connectivity index (χ0n) is 20.1. The number of aromatic nitrogens is 2. The van der Waals surface area contributed by atoms with E-state index in [9.17, 15) is 13.2 Å². The summed E-state index contributed by atoms with van der Waals surface area (Å²) in [6, 6.07) is 10.3. The lowest BCUT2D eigenvalue weighted by Crippen LogP contribution is -2.32. The second kappa shape index (κ2) is 9.60. The van der Waals surface area contributed by atoms with Crippen LogP contribution in [0.3, 0.4) is 0 Å². The van der Waals surface area contributed by atoms with E-state index in [0.717, 1.165) is 78.7 Å². The Morgan fingerprint density at radius 3 is 2.63 bits per heavy atom. The molecule has 2 N–H and O–H groups in total. The number of anilines is 2. The molecule has 3 heterocycles. The first-order chi connectivity index (χ1) is 16.8. The Morgan fingerprint density at radius 2 is 1.91 bits per heavy atom. The number of nitrogens with zero attached hydrogens (tertiary/aromatic N) is 3. The molecule has 10 heteroatoms. The molecule has 9 nitrogen and oxygen atoms in total. The summed E-state index contributed by atoms with van der Waals surface area (Å²) in [5, 5.41) is 2.96. The van der Waals surface area contributed by atoms with Crippen LogP contribution in [0.5, 0.6) is 0 Å². The Morgan fingerprint density at radius 1 is 1.11 bits per heavy atom. The van der Waals surface area contributed by atoms with Crippen molar-refractivity contribution in [1.29, 1.82) is 0 Å². The summed E-state index contributed by atoms with van der Waals surface area (Å²) in [4.78, 5) is 23.7. The summed E-state index contributed by atoms with van der Waals surface area (Å²) in [7, 11) is -0.709. The van der Waals surface area contributed by atoms with Gasteiger partial charge in [-0.15, -0.1) is 0 Å². The number of rotatable bonds is 6. The van der Waals surface area contributed by atoms with E-state index in [1.165, 1.54) is 20.2 Å². The molecule has 3 aromatic rings. The standard InChI is InChI=1S/C25H31N5O4S/c1-29(2)35(32,33)18-9-11-22(30-12-4-3-5-13-30)19(16-18)25(31)26-17-8-10-20-21(15-17)28-24(27-20)23-7-6-14-34-23/h8-11,15-16,23H,3-7,12-14H2,1-2H3,(H,26,31)(H,27,28). The highest BCUT2D eigenvalue weighted by atomic mass is 32.2. The quantitative estimate of drug-likeness (QED) is 0.535. The average molecular weight is 498 g/mol. The van der Waals surface area contributed by atoms with Crippen LogP contribution in [0.4, 0.5) is 11.4 Å². The van der Waals surface area contributed by atoms with E-state index in [4.69, 9.17) is 4.74 Å². The van der Waals surface area contributed by atoms with Crippen LogP contribution < -0.4 is 10.2 Å². The summed E-state index contributed by atoms with van der Waals surface area (Å²) in [5.74, 6) is 0.453. The summed E-state index contributed by atoms with van der Waals surface area (Å²) in [6.45, 7) is 2.42. The van der Waals surface area contributed by atoms with Gasteiger partial charge in [0.1, 0.15) is 11.9 Å². The van der Waals surface area contributed by atoms with Crippen LogP contribution in [-0.2, 0) is 14.8 Å². The molecule has 186 valence electrons. The van der Waals surface area contributed by atoms with Gasteiger partial charge in [-0.3, -0.25) is 4.79 Å². The highest BCUT2D eigenvalue weighted by molar-refractivity contribution is 7.89. The van der Waals surface area contributed by atoms with Gasteiger partial charge in [0.2, 0.25) is 10.0 Å². The monoisotopic (exact) mass is 497 g/mol. The lowest BCUT2D eigenvalue weighted by atomic mass is 10.1. The fourth-order valence-electron chi connectivity index (χ4n) is 4.73. The Balaban J connectivity index is 1.46. The SMILES string of the molecule is CN(C)S(=O)(=O)c1ccc(N2CCCCC2)c(C(=O)Nc2ccc3nc(C4CCCO4)[nH]c3c2)c1. The number of benzene rings is 2. The number of fused-ring (bicyclic) bond motifs is 1. The van der Waals surface area contributed by atoms with Crippen LogP contribution in [0.25, 0.3) is 11.0 Å². The molecule has 2 aromatic carbocycles. The van der Waals surface area contributed by atoms with Gasteiger partial charge in [-0.25, -0.2) is 17.7 Å². The van der Waals surface area contributed by atoms with E-state index in [2.05, 4.69) is 20.2 Å². The van der Waals surface area contributed by atoms with Crippen molar-refractivity contribution in [3.8, 4) is 0 Å². The summed E-state index contributed by atoms with van der Waals surface area (Å²) in [5.41, 5.74) is 3.33. The molecular formula is C25H31N5O4S. The molecule has 1 amide bonds. The van der Waals surface area contributed by atoms with Gasteiger partial charge in [-0.1, -0.05) is 0 Å². The van der Waals surface area contributed by atoms with Gasteiger partial charge >= 0.3 is 0 Å². The number of piperidine rings is 1. The van der Waals surface area contributed by atoms with E-state index in [1.54, 1.807) is 18.2 Å². The number of carbonyl (C=O) groups is 1. The van der Waals surface area contributed by atoms with E-state index in [1.807, 2.05) is 12.1 Å². The van der Waals surface area contributed by atoms with Crippen LogP contribution >= 0.6 is 0 Å². The Kier molecular flexibility index (Phi) is 6.52. The normalized spacial score (nSPS) is 18.9. The minimum atomic E-state index is -3.68. The predicted octanol–water partition coefficient (Wildman–Crippen LogP) is 3.91. The maximum atomic E-state index is 13.5. The molecule has 0 radical (unpaired) electrons. The number of carbonyl (C=O) groups excluding carboxylic acids is 1. The van der Waals surface area contributed by atoms with Crippen molar-refractivity contribution in [2.75, 3.05) is 44.0 Å². The van der Waals surface area contributed by atoms with Crippen molar-refractivity contribution >= 4 is 38.3 Å². The number of hydrogen-bond acceptors (Lipinski definition) is 6. The molecule has 0 aliphatic carbocycles. The third-order valence-electron chi connectivity index (χ3n) is 6.68. The van der Waals surface area contributed by atoms with E-state index >= 15 is 0 Å². The maximum Gasteiger partial charge on any atom is 0.257 e. The van der Waals surface area contributed by atoms with Gasteiger partial charge in [0.05, 0.1) is 21.5 Å². The van der Waals surface area contributed by atoms with E-state index in [0.29, 0.717) is 11.3 Å². The molecule has 35 heavy (non-hydrogen) atoms. The number of imidazole rings is 1. The van der Waals surface area contributed by atoms with Crippen LogP contribution in [0.15, 0.2) is 41.3 Å². The second-order valence-corrected chi connectivity index (χ2v) is 11.5. The average Bonchev–Trinajstić information content (AvgIpc) is 3.54. The Labute approximate surface area is 205 Å². The summed E-state index contributed by atoms with van der Waals surface area (Å²) >= 11 is 0. The molecule has 2 aliphatic rings. The lowest BCUT2D eigenvalue weighted by Gasteiger charge is -2.30. The maximum absolute atomic E-state index is 13.5. The van der Waals surface area contributed by atoms with Crippen LogP contribution in [0, 0.1) is 0 Å². The van der Waals surface area contributed by atoms with Crippen LogP contribution in [0.1, 0.15) is 54.4 Å².